The number of nitrogens with one attached hydrogen (secondary N) is 2. The summed E-state index contributed by atoms with van der Waals surface area (Å²) in [5, 5.41) is 4.76. The Kier molecular flexibility index (Phi) is 7.23. The molecule has 0 aliphatic carbocycles. The van der Waals surface area contributed by atoms with E-state index in [-0.39, 0.29) is 15.4 Å². The number of nitrogens with zero attached hydrogens (tertiary/aromatic N) is 1. The second-order valence-electron chi connectivity index (χ2n) is 6.89. The first-order valence-corrected chi connectivity index (χ1v) is 14.1. The van der Waals surface area contributed by atoms with Gasteiger partial charge in [-0.3, -0.25) is 9.52 Å². The second kappa shape index (κ2) is 10.1. The van der Waals surface area contributed by atoms with Crippen LogP contribution in [0.5, 0.6) is 5.75 Å². The molecule has 0 radical (unpaired) electrons. The number of carbonyl (C=O) groups excluding carboxylic acids is 1. The lowest BCUT2D eigenvalue weighted by atomic mass is 10.3. The van der Waals surface area contributed by atoms with Gasteiger partial charge in [0, 0.05) is 10.6 Å². The van der Waals surface area contributed by atoms with Crippen molar-refractivity contribution in [3.63, 3.8) is 0 Å². The smallest absolute Gasteiger partial charge is 0.271 e. The van der Waals surface area contributed by atoms with E-state index in [9.17, 15) is 13.2 Å². The molecule has 0 bridgehead atoms. The molecular weight excluding hydrogens is 499 g/mol. The standard InChI is InChI=1S/C22H21N3O4S4/c1-3-29-16-8-11-18-19(13-16)32-22(23-18)24-21(26)14(2)31-17-9-6-15(7-10-17)25-33(27,28)20-5-4-12-30-20/h4-14,25H,3H2,1-2H3,(H,23,24,26). The molecule has 1 amide bonds. The number of hydrogen-bond acceptors (Lipinski definition) is 8. The van der Waals surface area contributed by atoms with Gasteiger partial charge in [0.05, 0.1) is 22.1 Å². The van der Waals surface area contributed by atoms with Crippen molar-refractivity contribution in [1.29, 1.82) is 0 Å². The fraction of sp³-hybridized carbons (Fsp3) is 0.182. The third kappa shape index (κ3) is 5.85. The van der Waals surface area contributed by atoms with Gasteiger partial charge >= 0.3 is 0 Å². The maximum Gasteiger partial charge on any atom is 0.271 e. The van der Waals surface area contributed by atoms with Crippen LogP contribution in [0.2, 0.25) is 0 Å². The number of amides is 1. The van der Waals surface area contributed by atoms with Crippen molar-refractivity contribution in [3.05, 3.63) is 60.0 Å². The maximum atomic E-state index is 12.7. The van der Waals surface area contributed by atoms with Crippen molar-refractivity contribution in [2.24, 2.45) is 0 Å². The zero-order chi connectivity index (χ0) is 23.4. The fourth-order valence-electron chi connectivity index (χ4n) is 2.90. The van der Waals surface area contributed by atoms with Crippen LogP contribution in [-0.2, 0) is 14.8 Å². The number of aromatic nitrogens is 1. The number of rotatable bonds is 9. The first-order chi connectivity index (χ1) is 15.8. The van der Waals surface area contributed by atoms with Gasteiger partial charge in [0.15, 0.2) is 5.13 Å². The van der Waals surface area contributed by atoms with E-state index in [0.29, 0.717) is 17.4 Å². The fourth-order valence-corrected chi connectivity index (χ4v) is 6.72. The summed E-state index contributed by atoms with van der Waals surface area (Å²) < 4.78 is 33.9. The Balaban J connectivity index is 1.36. The summed E-state index contributed by atoms with van der Waals surface area (Å²) in [5.41, 5.74) is 1.27. The Morgan fingerprint density at radius 2 is 1.97 bits per heavy atom. The zero-order valence-corrected chi connectivity index (χ0v) is 21.0. The topological polar surface area (TPSA) is 97.4 Å². The molecule has 4 rings (SSSR count). The van der Waals surface area contributed by atoms with Crippen LogP contribution >= 0.6 is 34.4 Å². The van der Waals surface area contributed by atoms with E-state index in [1.165, 1.54) is 23.1 Å². The third-order valence-corrected chi connectivity index (χ3v) is 9.27. The van der Waals surface area contributed by atoms with E-state index in [1.54, 1.807) is 41.8 Å². The molecule has 2 N–H and O–H groups in total. The van der Waals surface area contributed by atoms with E-state index in [2.05, 4.69) is 15.0 Å². The first kappa shape index (κ1) is 23.6. The lowest BCUT2D eigenvalue weighted by molar-refractivity contribution is -0.115. The van der Waals surface area contributed by atoms with E-state index in [4.69, 9.17) is 4.74 Å². The minimum atomic E-state index is -3.59. The Bertz CT molecular complexity index is 1350. The molecule has 1 atom stereocenters. The Hall–Kier alpha value is -2.60. The molecule has 33 heavy (non-hydrogen) atoms. The van der Waals surface area contributed by atoms with Crippen molar-refractivity contribution in [2.45, 2.75) is 28.2 Å². The van der Waals surface area contributed by atoms with E-state index < -0.39 is 10.0 Å². The van der Waals surface area contributed by atoms with E-state index in [0.717, 1.165) is 32.2 Å². The molecule has 2 aromatic carbocycles. The number of ether oxygens (including phenoxy) is 1. The van der Waals surface area contributed by atoms with Gasteiger partial charge in [0.25, 0.3) is 10.0 Å². The lowest BCUT2D eigenvalue weighted by Crippen LogP contribution is -2.22. The highest BCUT2D eigenvalue weighted by atomic mass is 32.2. The van der Waals surface area contributed by atoms with Gasteiger partial charge in [-0.2, -0.15) is 0 Å². The molecular formula is C22H21N3O4S4. The average molecular weight is 520 g/mol. The summed E-state index contributed by atoms with van der Waals surface area (Å²) in [6, 6.07) is 15.8. The number of thioether (sulfide) groups is 1. The summed E-state index contributed by atoms with van der Waals surface area (Å²) in [4.78, 5) is 18.0. The minimum absolute atomic E-state index is 0.161. The number of thiophene rings is 1. The molecule has 11 heteroatoms. The predicted molar refractivity (Wildman–Crippen MR) is 136 cm³/mol. The second-order valence-corrected chi connectivity index (χ2v) is 12.2. The SMILES string of the molecule is CCOc1ccc2nc(NC(=O)C(C)Sc3ccc(NS(=O)(=O)c4cccs4)cc3)sc2c1. The largest absolute Gasteiger partial charge is 0.494 e. The average Bonchev–Trinajstić information content (AvgIpc) is 3.45. The molecule has 1 unspecified atom stereocenters. The molecule has 7 nitrogen and oxygen atoms in total. The molecule has 0 saturated carbocycles. The van der Waals surface area contributed by atoms with Crippen molar-refractivity contribution in [1.82, 2.24) is 4.98 Å². The number of thiazole rings is 1. The number of carbonyl (C=O) groups is 1. The molecule has 172 valence electrons. The number of fused-ring (bicyclic) bond motifs is 1. The highest BCUT2D eigenvalue weighted by Gasteiger charge is 2.18. The number of sulfonamides is 1. The van der Waals surface area contributed by atoms with Crippen molar-refractivity contribution in [3.8, 4) is 5.75 Å². The van der Waals surface area contributed by atoms with Gasteiger partial charge in [0.1, 0.15) is 9.96 Å². The van der Waals surface area contributed by atoms with Crippen LogP contribution in [-0.4, -0.2) is 31.2 Å². The quantitative estimate of drug-likeness (QED) is 0.276. The van der Waals surface area contributed by atoms with Crippen LogP contribution in [0.15, 0.2) is 69.1 Å². The Morgan fingerprint density at radius 3 is 2.67 bits per heavy atom. The van der Waals surface area contributed by atoms with Gasteiger partial charge in [0.2, 0.25) is 5.91 Å². The summed E-state index contributed by atoms with van der Waals surface area (Å²) >= 11 is 3.94. The number of hydrogen-bond donors (Lipinski definition) is 2. The van der Waals surface area contributed by atoms with Gasteiger partial charge in [-0.25, -0.2) is 13.4 Å². The van der Waals surface area contributed by atoms with Crippen molar-refractivity contribution in [2.75, 3.05) is 16.6 Å². The normalized spacial score (nSPS) is 12.4. The van der Waals surface area contributed by atoms with Gasteiger partial charge < -0.3 is 10.1 Å². The minimum Gasteiger partial charge on any atom is -0.494 e. The monoisotopic (exact) mass is 519 g/mol. The van der Waals surface area contributed by atoms with Gasteiger partial charge in [-0.15, -0.1) is 23.1 Å². The van der Waals surface area contributed by atoms with E-state index >= 15 is 0 Å². The summed E-state index contributed by atoms with van der Waals surface area (Å²) in [6.45, 7) is 4.33. The summed E-state index contributed by atoms with van der Waals surface area (Å²) in [5.74, 6) is 0.614. The highest BCUT2D eigenvalue weighted by Crippen LogP contribution is 2.31. The lowest BCUT2D eigenvalue weighted by Gasteiger charge is -2.11. The zero-order valence-electron chi connectivity index (χ0n) is 17.8. The molecule has 0 aliphatic heterocycles. The van der Waals surface area contributed by atoms with Crippen LogP contribution < -0.4 is 14.8 Å². The van der Waals surface area contributed by atoms with Crippen molar-refractivity contribution < 1.29 is 17.9 Å². The molecule has 2 heterocycles. The Morgan fingerprint density at radius 1 is 1.18 bits per heavy atom. The highest BCUT2D eigenvalue weighted by molar-refractivity contribution is 8.00. The molecule has 2 aromatic heterocycles. The molecule has 0 spiro atoms. The van der Waals surface area contributed by atoms with Crippen molar-refractivity contribution >= 4 is 71.4 Å². The van der Waals surface area contributed by atoms with Crippen LogP contribution in [0.3, 0.4) is 0 Å². The molecule has 0 saturated heterocycles. The third-order valence-electron chi connectivity index (χ3n) is 4.45. The van der Waals surface area contributed by atoms with Crippen LogP contribution in [0.25, 0.3) is 10.2 Å². The summed E-state index contributed by atoms with van der Waals surface area (Å²) in [7, 11) is -3.59. The Labute approximate surface area is 204 Å². The van der Waals surface area contributed by atoms with Gasteiger partial charge in [-0.05, 0) is 67.8 Å². The maximum absolute atomic E-state index is 12.7. The molecule has 0 aliphatic rings. The predicted octanol–water partition coefficient (Wildman–Crippen LogP) is 5.68. The number of benzene rings is 2. The summed E-state index contributed by atoms with van der Waals surface area (Å²) in [6.07, 6.45) is 0. The van der Waals surface area contributed by atoms with E-state index in [1.807, 2.05) is 32.0 Å². The molecule has 4 aromatic rings. The molecule has 0 fully saturated rings. The first-order valence-electron chi connectivity index (χ1n) is 10.0. The van der Waals surface area contributed by atoms with Crippen LogP contribution in [0.1, 0.15) is 13.8 Å². The van der Waals surface area contributed by atoms with Gasteiger partial charge in [-0.1, -0.05) is 17.4 Å². The van der Waals surface area contributed by atoms with Crippen LogP contribution in [0, 0.1) is 0 Å². The van der Waals surface area contributed by atoms with Crippen LogP contribution in [0.4, 0.5) is 10.8 Å². The number of anilines is 2.